The third-order valence-electron chi connectivity index (χ3n) is 4.01. The van der Waals surface area contributed by atoms with Crippen LogP contribution in [0.15, 0.2) is 30.3 Å². The molecule has 120 valence electrons. The summed E-state index contributed by atoms with van der Waals surface area (Å²) < 4.78 is 0. The van der Waals surface area contributed by atoms with Gasteiger partial charge < -0.3 is 10.6 Å². The minimum absolute atomic E-state index is 0.0978. The highest BCUT2D eigenvalue weighted by atomic mass is 16.2. The Bertz CT molecular complexity index is 482. The van der Waals surface area contributed by atoms with E-state index in [-0.39, 0.29) is 11.8 Å². The van der Waals surface area contributed by atoms with Gasteiger partial charge in [-0.2, -0.15) is 0 Å². The smallest absolute Gasteiger partial charge is 0.246 e. The van der Waals surface area contributed by atoms with Crippen molar-refractivity contribution in [1.29, 1.82) is 0 Å². The fourth-order valence-electron chi connectivity index (χ4n) is 2.79. The zero-order chi connectivity index (χ0) is 15.8. The lowest BCUT2D eigenvalue weighted by molar-refractivity contribution is -0.129. The number of likely N-dealkylation sites (N-methyl/N-ethyl adjacent to an activating group) is 1. The molecule has 1 aromatic rings. The first-order valence-electron chi connectivity index (χ1n) is 7.99. The van der Waals surface area contributed by atoms with Crippen molar-refractivity contribution in [3.05, 3.63) is 35.9 Å². The average molecular weight is 303 g/mol. The van der Waals surface area contributed by atoms with Crippen LogP contribution in [0.25, 0.3) is 0 Å². The quantitative estimate of drug-likeness (QED) is 0.866. The van der Waals surface area contributed by atoms with Gasteiger partial charge in [0.05, 0.1) is 6.54 Å². The minimum atomic E-state index is -0.634. The summed E-state index contributed by atoms with van der Waals surface area (Å²) in [5.74, 6) is -0.297. The monoisotopic (exact) mass is 303 g/mol. The van der Waals surface area contributed by atoms with Gasteiger partial charge >= 0.3 is 0 Å². The zero-order valence-corrected chi connectivity index (χ0v) is 13.2. The first-order chi connectivity index (χ1) is 10.7. The number of amides is 2. The number of hydrogen-bond acceptors (Lipinski definition) is 3. The molecule has 0 saturated carbocycles. The number of benzene rings is 1. The van der Waals surface area contributed by atoms with Gasteiger partial charge in [-0.3, -0.25) is 14.5 Å². The van der Waals surface area contributed by atoms with Crippen molar-refractivity contribution in [2.24, 2.45) is 0 Å². The fraction of sp³-hybridized carbons (Fsp3) is 0.529. The Kier molecular flexibility index (Phi) is 6.40. The van der Waals surface area contributed by atoms with Gasteiger partial charge in [-0.1, -0.05) is 43.2 Å². The molecule has 1 fully saturated rings. The van der Waals surface area contributed by atoms with E-state index in [1.165, 1.54) is 12.8 Å². The summed E-state index contributed by atoms with van der Waals surface area (Å²) in [5.41, 5.74) is 0.797. The molecule has 0 aromatic heterocycles. The second kappa shape index (κ2) is 8.54. The second-order valence-corrected chi connectivity index (χ2v) is 5.72. The topological polar surface area (TPSA) is 61.4 Å². The minimum Gasteiger partial charge on any atom is -0.357 e. The molecule has 0 bridgehead atoms. The van der Waals surface area contributed by atoms with Crippen LogP contribution in [0.5, 0.6) is 0 Å². The molecule has 1 unspecified atom stereocenters. The third kappa shape index (κ3) is 4.84. The molecule has 2 N–H and O–H groups in total. The number of hydrogen-bond donors (Lipinski definition) is 2. The lowest BCUT2D eigenvalue weighted by atomic mass is 10.1. The van der Waals surface area contributed by atoms with E-state index in [0.29, 0.717) is 6.54 Å². The van der Waals surface area contributed by atoms with Gasteiger partial charge in [0.2, 0.25) is 11.8 Å². The number of likely N-dealkylation sites (tertiary alicyclic amines) is 1. The van der Waals surface area contributed by atoms with Gasteiger partial charge in [0.15, 0.2) is 0 Å². The van der Waals surface area contributed by atoms with Gasteiger partial charge in [0.1, 0.15) is 6.04 Å². The molecule has 2 amide bonds. The second-order valence-electron chi connectivity index (χ2n) is 5.72. The van der Waals surface area contributed by atoms with Crippen molar-refractivity contribution in [2.45, 2.75) is 31.7 Å². The van der Waals surface area contributed by atoms with Crippen molar-refractivity contribution in [3.8, 4) is 0 Å². The average Bonchev–Trinajstić information content (AvgIpc) is 2.81. The first-order valence-corrected chi connectivity index (χ1v) is 7.99. The van der Waals surface area contributed by atoms with Crippen LogP contribution >= 0.6 is 0 Å². The molecule has 22 heavy (non-hydrogen) atoms. The maximum absolute atomic E-state index is 12.3. The first kappa shape index (κ1) is 16.5. The van der Waals surface area contributed by atoms with Gasteiger partial charge in [-0.05, 0) is 31.5 Å². The molecule has 0 aliphatic carbocycles. The molecule has 1 heterocycles. The number of carbonyl (C=O) groups excluding carboxylic acids is 2. The maximum Gasteiger partial charge on any atom is 0.246 e. The standard InChI is InChI=1S/C17H25N3O2/c1-18-17(22)16(14-9-5-4-6-10-14)19-15(21)13-20-11-7-2-3-8-12-20/h4-6,9-10,16H,2-3,7-8,11-13H2,1H3,(H,18,22)(H,19,21). The highest BCUT2D eigenvalue weighted by Gasteiger charge is 2.22. The zero-order valence-electron chi connectivity index (χ0n) is 13.2. The molecule has 1 aliphatic rings. The predicted molar refractivity (Wildman–Crippen MR) is 86.3 cm³/mol. The van der Waals surface area contributed by atoms with Gasteiger partial charge in [0, 0.05) is 7.05 Å². The molecule has 1 aliphatic heterocycles. The molecule has 2 rings (SSSR count). The lowest BCUT2D eigenvalue weighted by Gasteiger charge is -2.22. The van der Waals surface area contributed by atoms with Crippen molar-refractivity contribution >= 4 is 11.8 Å². The molecule has 0 radical (unpaired) electrons. The molecule has 1 aromatic carbocycles. The summed E-state index contributed by atoms with van der Waals surface area (Å²) in [6.45, 7) is 2.28. The molecule has 5 nitrogen and oxygen atoms in total. The van der Waals surface area contributed by atoms with E-state index >= 15 is 0 Å². The largest absolute Gasteiger partial charge is 0.357 e. The summed E-state index contributed by atoms with van der Waals surface area (Å²) in [4.78, 5) is 26.5. The molecule has 1 saturated heterocycles. The van der Waals surface area contributed by atoms with E-state index in [9.17, 15) is 9.59 Å². The summed E-state index contributed by atoms with van der Waals surface area (Å²) in [5, 5.41) is 5.47. The Balaban J connectivity index is 1.97. The Labute approximate surface area is 132 Å². The lowest BCUT2D eigenvalue weighted by Crippen LogP contribution is -2.43. The number of nitrogens with zero attached hydrogens (tertiary/aromatic N) is 1. The molecule has 5 heteroatoms. The fourth-order valence-corrected chi connectivity index (χ4v) is 2.79. The summed E-state index contributed by atoms with van der Waals surface area (Å²) in [6.07, 6.45) is 4.77. The van der Waals surface area contributed by atoms with E-state index in [4.69, 9.17) is 0 Å². The Morgan fingerprint density at radius 2 is 1.73 bits per heavy atom. The van der Waals surface area contributed by atoms with Crippen molar-refractivity contribution in [3.63, 3.8) is 0 Å². The van der Waals surface area contributed by atoms with Gasteiger partial charge in [-0.15, -0.1) is 0 Å². The molecule has 0 spiro atoms. The number of carbonyl (C=O) groups is 2. The van der Waals surface area contributed by atoms with Crippen molar-refractivity contribution < 1.29 is 9.59 Å². The van der Waals surface area contributed by atoms with E-state index in [1.54, 1.807) is 7.05 Å². The van der Waals surface area contributed by atoms with E-state index < -0.39 is 6.04 Å². The van der Waals surface area contributed by atoms with E-state index in [0.717, 1.165) is 31.5 Å². The van der Waals surface area contributed by atoms with Crippen LogP contribution in [-0.4, -0.2) is 43.4 Å². The molecule has 1 atom stereocenters. The van der Waals surface area contributed by atoms with Gasteiger partial charge in [0.25, 0.3) is 0 Å². The van der Waals surface area contributed by atoms with Crippen LogP contribution in [0, 0.1) is 0 Å². The van der Waals surface area contributed by atoms with Crippen LogP contribution in [0.3, 0.4) is 0 Å². The number of nitrogens with one attached hydrogen (secondary N) is 2. The Morgan fingerprint density at radius 3 is 2.32 bits per heavy atom. The molecular formula is C17H25N3O2. The van der Waals surface area contributed by atoms with Crippen LogP contribution in [0.2, 0.25) is 0 Å². The highest BCUT2D eigenvalue weighted by Crippen LogP contribution is 2.13. The number of rotatable bonds is 5. The van der Waals surface area contributed by atoms with Crippen LogP contribution in [0.4, 0.5) is 0 Å². The Hall–Kier alpha value is -1.88. The van der Waals surface area contributed by atoms with Crippen LogP contribution < -0.4 is 10.6 Å². The summed E-state index contributed by atoms with van der Waals surface area (Å²) in [6, 6.07) is 8.70. The van der Waals surface area contributed by atoms with Crippen LogP contribution in [0.1, 0.15) is 37.3 Å². The van der Waals surface area contributed by atoms with Gasteiger partial charge in [-0.25, -0.2) is 0 Å². The van der Waals surface area contributed by atoms with Crippen molar-refractivity contribution in [2.75, 3.05) is 26.7 Å². The summed E-state index contributed by atoms with van der Waals surface area (Å²) in [7, 11) is 1.58. The summed E-state index contributed by atoms with van der Waals surface area (Å²) >= 11 is 0. The van der Waals surface area contributed by atoms with Crippen LogP contribution in [-0.2, 0) is 9.59 Å². The highest BCUT2D eigenvalue weighted by molar-refractivity contribution is 5.89. The molecular weight excluding hydrogens is 278 g/mol. The maximum atomic E-state index is 12.3. The Morgan fingerprint density at radius 1 is 1.09 bits per heavy atom. The van der Waals surface area contributed by atoms with Crippen molar-refractivity contribution in [1.82, 2.24) is 15.5 Å². The van der Waals surface area contributed by atoms with E-state index in [2.05, 4.69) is 15.5 Å². The normalized spacial score (nSPS) is 17.3. The van der Waals surface area contributed by atoms with E-state index in [1.807, 2.05) is 30.3 Å². The SMILES string of the molecule is CNC(=O)C(NC(=O)CN1CCCCCC1)c1ccccc1. The predicted octanol–water partition coefficient (Wildman–Crippen LogP) is 1.47. The third-order valence-corrected chi connectivity index (χ3v) is 4.01.